The molecule has 2 heterocycles. The lowest BCUT2D eigenvalue weighted by molar-refractivity contribution is 0.459. The van der Waals surface area contributed by atoms with E-state index in [1.165, 1.54) is 0 Å². The number of hydrogen-bond donors (Lipinski definition) is 1. The van der Waals surface area contributed by atoms with Crippen LogP contribution in [0.3, 0.4) is 0 Å². The third-order valence-corrected chi connectivity index (χ3v) is 6.84. The van der Waals surface area contributed by atoms with E-state index in [9.17, 15) is 8.42 Å². The topological polar surface area (TPSA) is 99.0 Å². The zero-order valence-corrected chi connectivity index (χ0v) is 17.6. The van der Waals surface area contributed by atoms with Crippen LogP contribution in [0, 0.1) is 27.7 Å². The standard InChI is InChI=1S/C20H23N5O3S/c1-12-13(2)23-25(14(12)3)19-11-20(22-15(4)21-19)28-17-7-5-16(6-8-17)24-29(26,27)18-9-10-18/h5-8,11,18,24H,9-10H2,1-4H3. The van der Waals surface area contributed by atoms with Gasteiger partial charge in [0.05, 0.1) is 10.9 Å². The Morgan fingerprint density at radius 1 is 1.07 bits per heavy atom. The minimum atomic E-state index is -3.28. The maximum atomic E-state index is 12.0. The first-order valence-corrected chi connectivity index (χ1v) is 11.0. The van der Waals surface area contributed by atoms with Crippen LogP contribution >= 0.6 is 0 Å². The van der Waals surface area contributed by atoms with Gasteiger partial charge in [-0.15, -0.1) is 0 Å². The molecule has 1 saturated carbocycles. The van der Waals surface area contributed by atoms with Gasteiger partial charge in [0, 0.05) is 17.4 Å². The van der Waals surface area contributed by atoms with Crippen LogP contribution in [-0.2, 0) is 10.0 Å². The molecule has 0 amide bonds. The molecule has 0 aliphatic heterocycles. The predicted molar refractivity (Wildman–Crippen MR) is 110 cm³/mol. The number of aromatic nitrogens is 4. The first-order valence-electron chi connectivity index (χ1n) is 9.41. The van der Waals surface area contributed by atoms with E-state index >= 15 is 0 Å². The highest BCUT2D eigenvalue weighted by Gasteiger charge is 2.35. The number of nitrogens with zero attached hydrogens (tertiary/aromatic N) is 4. The Labute approximate surface area is 170 Å². The summed E-state index contributed by atoms with van der Waals surface area (Å²) < 4.78 is 34.3. The van der Waals surface area contributed by atoms with Gasteiger partial charge in [-0.25, -0.2) is 18.1 Å². The van der Waals surface area contributed by atoms with E-state index in [2.05, 4.69) is 19.8 Å². The number of aryl methyl sites for hydroxylation is 2. The normalized spacial score (nSPS) is 14.1. The van der Waals surface area contributed by atoms with Crippen molar-refractivity contribution in [1.29, 1.82) is 0 Å². The Morgan fingerprint density at radius 3 is 2.34 bits per heavy atom. The molecule has 1 N–H and O–H groups in total. The van der Waals surface area contributed by atoms with Crippen LogP contribution in [-0.4, -0.2) is 33.4 Å². The first kappa shape index (κ1) is 19.4. The fraction of sp³-hybridized carbons (Fsp3) is 0.350. The Balaban J connectivity index is 1.55. The number of sulfonamides is 1. The lowest BCUT2D eigenvalue weighted by Gasteiger charge is -2.10. The second-order valence-corrected chi connectivity index (χ2v) is 9.25. The molecule has 0 unspecified atom stereocenters. The Bertz CT molecular complexity index is 1170. The van der Waals surface area contributed by atoms with Crippen LogP contribution in [0.25, 0.3) is 5.82 Å². The summed E-state index contributed by atoms with van der Waals surface area (Å²) in [7, 11) is -3.28. The molecule has 0 bridgehead atoms. The van der Waals surface area contributed by atoms with Crippen LogP contribution in [0.4, 0.5) is 5.69 Å². The summed E-state index contributed by atoms with van der Waals surface area (Å²) in [5, 5.41) is 4.27. The summed E-state index contributed by atoms with van der Waals surface area (Å²) in [4.78, 5) is 8.81. The van der Waals surface area contributed by atoms with Gasteiger partial charge in [0.2, 0.25) is 15.9 Å². The molecule has 0 radical (unpaired) electrons. The Kier molecular flexibility index (Phi) is 4.77. The maximum Gasteiger partial charge on any atom is 0.235 e. The maximum absolute atomic E-state index is 12.0. The van der Waals surface area contributed by atoms with E-state index in [0.717, 1.165) is 29.8 Å². The van der Waals surface area contributed by atoms with Gasteiger partial charge >= 0.3 is 0 Å². The lowest BCUT2D eigenvalue weighted by atomic mass is 10.2. The zero-order chi connectivity index (χ0) is 20.8. The molecule has 9 heteroatoms. The second-order valence-electron chi connectivity index (χ2n) is 7.29. The van der Waals surface area contributed by atoms with Gasteiger partial charge in [-0.3, -0.25) is 4.72 Å². The number of anilines is 1. The largest absolute Gasteiger partial charge is 0.439 e. The molecule has 152 valence electrons. The summed E-state index contributed by atoms with van der Waals surface area (Å²) in [6.45, 7) is 7.78. The molecular formula is C20H23N5O3S. The molecule has 8 nitrogen and oxygen atoms in total. The van der Waals surface area contributed by atoms with Crippen molar-refractivity contribution in [2.45, 2.75) is 45.8 Å². The number of ether oxygens (including phenoxy) is 1. The first-order chi connectivity index (χ1) is 13.7. The molecule has 0 saturated heterocycles. The predicted octanol–water partition coefficient (Wildman–Crippen LogP) is 3.59. The fourth-order valence-corrected chi connectivity index (χ4v) is 4.36. The SMILES string of the molecule is Cc1nc(Oc2ccc(NS(=O)(=O)C3CC3)cc2)cc(-n2nc(C)c(C)c2C)n1. The smallest absolute Gasteiger partial charge is 0.235 e. The van der Waals surface area contributed by atoms with E-state index in [1.807, 2.05) is 20.8 Å². The number of rotatable bonds is 6. The van der Waals surface area contributed by atoms with Gasteiger partial charge in [-0.1, -0.05) is 0 Å². The van der Waals surface area contributed by atoms with Crippen LogP contribution in [0.5, 0.6) is 11.6 Å². The summed E-state index contributed by atoms with van der Waals surface area (Å²) >= 11 is 0. The molecular weight excluding hydrogens is 390 g/mol. The average molecular weight is 414 g/mol. The molecule has 4 rings (SSSR count). The molecule has 2 aromatic heterocycles. The van der Waals surface area contributed by atoms with Gasteiger partial charge < -0.3 is 4.74 Å². The van der Waals surface area contributed by atoms with Crippen LogP contribution in [0.15, 0.2) is 30.3 Å². The number of benzene rings is 1. The summed E-state index contributed by atoms with van der Waals surface area (Å²) in [6.07, 6.45) is 1.45. The molecule has 0 spiro atoms. The van der Waals surface area contributed by atoms with Crippen LogP contribution < -0.4 is 9.46 Å². The van der Waals surface area contributed by atoms with Gasteiger partial charge in [-0.05, 0) is 70.4 Å². The van der Waals surface area contributed by atoms with Gasteiger partial charge in [0.25, 0.3) is 0 Å². The van der Waals surface area contributed by atoms with Crippen molar-refractivity contribution in [3.05, 3.63) is 53.1 Å². The quantitative estimate of drug-likeness (QED) is 0.663. The highest BCUT2D eigenvalue weighted by molar-refractivity contribution is 7.93. The average Bonchev–Trinajstić information content (AvgIpc) is 3.48. The van der Waals surface area contributed by atoms with E-state index in [-0.39, 0.29) is 5.25 Å². The molecule has 0 atom stereocenters. The van der Waals surface area contributed by atoms with Crippen LogP contribution in [0.2, 0.25) is 0 Å². The third-order valence-electron chi connectivity index (χ3n) is 4.97. The third kappa shape index (κ3) is 4.09. The molecule has 1 aliphatic rings. The Hall–Kier alpha value is -2.94. The van der Waals surface area contributed by atoms with E-state index < -0.39 is 10.0 Å². The lowest BCUT2D eigenvalue weighted by Crippen LogP contribution is -2.17. The van der Waals surface area contributed by atoms with Crippen molar-refractivity contribution < 1.29 is 13.2 Å². The zero-order valence-electron chi connectivity index (χ0n) is 16.8. The van der Waals surface area contributed by atoms with Crippen molar-refractivity contribution in [3.8, 4) is 17.4 Å². The van der Waals surface area contributed by atoms with Gasteiger partial charge in [0.15, 0.2) is 5.82 Å². The second kappa shape index (κ2) is 7.14. The summed E-state index contributed by atoms with van der Waals surface area (Å²) in [6, 6.07) is 8.49. The van der Waals surface area contributed by atoms with Crippen molar-refractivity contribution in [3.63, 3.8) is 0 Å². The fourth-order valence-electron chi connectivity index (χ4n) is 2.97. The van der Waals surface area contributed by atoms with Gasteiger partial charge in [-0.2, -0.15) is 10.1 Å². The minimum absolute atomic E-state index is 0.265. The van der Waals surface area contributed by atoms with E-state index in [4.69, 9.17) is 4.74 Å². The van der Waals surface area contributed by atoms with Gasteiger partial charge in [0.1, 0.15) is 11.6 Å². The molecule has 1 aromatic carbocycles. The van der Waals surface area contributed by atoms with Crippen molar-refractivity contribution >= 4 is 15.7 Å². The molecule has 29 heavy (non-hydrogen) atoms. The van der Waals surface area contributed by atoms with Crippen molar-refractivity contribution in [1.82, 2.24) is 19.7 Å². The highest BCUT2D eigenvalue weighted by atomic mass is 32.2. The Morgan fingerprint density at radius 2 is 1.76 bits per heavy atom. The number of nitrogens with one attached hydrogen (secondary N) is 1. The number of hydrogen-bond acceptors (Lipinski definition) is 6. The highest BCUT2D eigenvalue weighted by Crippen LogP contribution is 2.30. The minimum Gasteiger partial charge on any atom is -0.439 e. The molecule has 1 fully saturated rings. The summed E-state index contributed by atoms with van der Waals surface area (Å²) in [5.41, 5.74) is 3.60. The van der Waals surface area contributed by atoms with Crippen molar-refractivity contribution in [2.24, 2.45) is 0 Å². The van der Waals surface area contributed by atoms with E-state index in [1.54, 1.807) is 41.9 Å². The molecule has 1 aliphatic carbocycles. The monoisotopic (exact) mass is 413 g/mol. The van der Waals surface area contributed by atoms with E-state index in [0.29, 0.717) is 29.0 Å². The summed E-state index contributed by atoms with van der Waals surface area (Å²) in [5.74, 6) is 2.14. The van der Waals surface area contributed by atoms with Crippen molar-refractivity contribution in [2.75, 3.05) is 4.72 Å². The molecule has 3 aromatic rings. The van der Waals surface area contributed by atoms with Crippen LogP contribution in [0.1, 0.15) is 35.6 Å².